The molecule has 2 heterocycles. The van der Waals surface area contributed by atoms with Crippen LogP contribution in [0.3, 0.4) is 0 Å². The zero-order valence-electron chi connectivity index (χ0n) is 13.0. The van der Waals surface area contributed by atoms with Crippen LogP contribution in [0.5, 0.6) is 0 Å². The molecule has 1 atom stereocenters. The SMILES string of the molecule is Cn1c(CNC(=O)N2CCCC(C(=O)O)C2)nc2ccccc21. The molecule has 23 heavy (non-hydrogen) atoms. The normalized spacial score (nSPS) is 18.1. The van der Waals surface area contributed by atoms with Gasteiger partial charge in [0.1, 0.15) is 5.82 Å². The second-order valence-corrected chi connectivity index (χ2v) is 5.86. The largest absolute Gasteiger partial charge is 0.481 e. The van der Waals surface area contributed by atoms with E-state index in [0.717, 1.165) is 23.3 Å². The minimum absolute atomic E-state index is 0.233. The number of rotatable bonds is 3. The number of hydrogen-bond acceptors (Lipinski definition) is 3. The Labute approximate surface area is 133 Å². The third-order valence-electron chi connectivity index (χ3n) is 4.34. The van der Waals surface area contributed by atoms with E-state index in [0.29, 0.717) is 19.5 Å². The van der Waals surface area contributed by atoms with E-state index in [-0.39, 0.29) is 12.6 Å². The fourth-order valence-corrected chi connectivity index (χ4v) is 2.98. The van der Waals surface area contributed by atoms with Gasteiger partial charge in [-0.3, -0.25) is 4.79 Å². The van der Waals surface area contributed by atoms with Crippen LogP contribution in [-0.2, 0) is 18.4 Å². The number of likely N-dealkylation sites (tertiary alicyclic amines) is 1. The average molecular weight is 316 g/mol. The number of carboxylic acids is 1. The van der Waals surface area contributed by atoms with Crippen LogP contribution in [0, 0.1) is 5.92 Å². The Bertz CT molecular complexity index is 740. The maximum absolute atomic E-state index is 12.3. The van der Waals surface area contributed by atoms with Crippen molar-refractivity contribution < 1.29 is 14.7 Å². The van der Waals surface area contributed by atoms with Gasteiger partial charge in [0, 0.05) is 20.1 Å². The van der Waals surface area contributed by atoms with Crippen LogP contribution in [0.2, 0.25) is 0 Å². The quantitative estimate of drug-likeness (QED) is 0.900. The van der Waals surface area contributed by atoms with Gasteiger partial charge in [-0.25, -0.2) is 9.78 Å². The number of nitrogens with one attached hydrogen (secondary N) is 1. The van der Waals surface area contributed by atoms with Gasteiger partial charge in [0.05, 0.1) is 23.5 Å². The maximum atomic E-state index is 12.3. The second kappa shape index (κ2) is 6.28. The predicted octanol–water partition coefficient (Wildman–Crippen LogP) is 1.58. The van der Waals surface area contributed by atoms with E-state index in [1.165, 1.54) is 0 Å². The number of hydrogen-bond donors (Lipinski definition) is 2. The highest BCUT2D eigenvalue weighted by Gasteiger charge is 2.28. The van der Waals surface area contributed by atoms with Crippen molar-refractivity contribution in [2.24, 2.45) is 13.0 Å². The van der Waals surface area contributed by atoms with Crippen molar-refractivity contribution in [3.8, 4) is 0 Å². The molecule has 0 radical (unpaired) electrons. The summed E-state index contributed by atoms with van der Waals surface area (Å²) in [6.07, 6.45) is 1.35. The molecule has 0 spiro atoms. The topological polar surface area (TPSA) is 87.5 Å². The summed E-state index contributed by atoms with van der Waals surface area (Å²) in [5.41, 5.74) is 1.91. The molecule has 3 rings (SSSR count). The van der Waals surface area contributed by atoms with Crippen LogP contribution in [0.25, 0.3) is 11.0 Å². The van der Waals surface area contributed by atoms with E-state index in [4.69, 9.17) is 5.11 Å². The Balaban J connectivity index is 1.64. The van der Waals surface area contributed by atoms with Gasteiger partial charge >= 0.3 is 12.0 Å². The zero-order valence-corrected chi connectivity index (χ0v) is 13.0. The van der Waals surface area contributed by atoms with Gasteiger partial charge in [-0.1, -0.05) is 12.1 Å². The molecule has 2 aromatic rings. The molecule has 1 saturated heterocycles. The lowest BCUT2D eigenvalue weighted by Gasteiger charge is -2.30. The molecule has 2 amide bonds. The third kappa shape index (κ3) is 3.13. The van der Waals surface area contributed by atoms with E-state index in [1.54, 1.807) is 4.90 Å². The van der Waals surface area contributed by atoms with E-state index < -0.39 is 11.9 Å². The zero-order chi connectivity index (χ0) is 16.4. The van der Waals surface area contributed by atoms with Crippen molar-refractivity contribution in [1.29, 1.82) is 0 Å². The minimum Gasteiger partial charge on any atom is -0.481 e. The Morgan fingerprint density at radius 1 is 1.39 bits per heavy atom. The summed E-state index contributed by atoms with van der Waals surface area (Å²) in [5, 5.41) is 11.9. The molecular formula is C16H20N4O3. The maximum Gasteiger partial charge on any atom is 0.317 e. The lowest BCUT2D eigenvalue weighted by Crippen LogP contribution is -2.47. The van der Waals surface area contributed by atoms with Gasteiger partial charge < -0.3 is 19.9 Å². The fourth-order valence-electron chi connectivity index (χ4n) is 2.98. The molecule has 7 heteroatoms. The minimum atomic E-state index is -0.835. The van der Waals surface area contributed by atoms with Crippen molar-refractivity contribution in [3.05, 3.63) is 30.1 Å². The summed E-state index contributed by atoms with van der Waals surface area (Å²) < 4.78 is 1.95. The number of carbonyl (C=O) groups excluding carboxylic acids is 1. The van der Waals surface area contributed by atoms with E-state index in [9.17, 15) is 9.59 Å². The summed E-state index contributed by atoms with van der Waals surface area (Å²) in [4.78, 5) is 29.4. The molecule has 7 nitrogen and oxygen atoms in total. The van der Waals surface area contributed by atoms with Crippen LogP contribution in [0.15, 0.2) is 24.3 Å². The van der Waals surface area contributed by atoms with Gasteiger partial charge in [-0.05, 0) is 25.0 Å². The van der Waals surface area contributed by atoms with Gasteiger partial charge in [0.2, 0.25) is 0 Å². The van der Waals surface area contributed by atoms with Crippen molar-refractivity contribution >= 4 is 23.0 Å². The lowest BCUT2D eigenvalue weighted by molar-refractivity contribution is -0.143. The van der Waals surface area contributed by atoms with E-state index in [2.05, 4.69) is 10.3 Å². The number of aromatic nitrogens is 2. The van der Waals surface area contributed by atoms with Crippen molar-refractivity contribution in [1.82, 2.24) is 19.8 Å². The Kier molecular flexibility index (Phi) is 4.18. The van der Waals surface area contributed by atoms with E-state index in [1.807, 2.05) is 35.9 Å². The first-order valence-corrected chi connectivity index (χ1v) is 7.72. The summed E-state index contributed by atoms with van der Waals surface area (Å²) in [6, 6.07) is 7.56. The number of imidazole rings is 1. The standard InChI is InChI=1S/C16H20N4O3/c1-19-13-7-3-2-6-12(13)18-14(19)9-17-16(23)20-8-4-5-11(10-20)15(21)22/h2-3,6-7,11H,4-5,8-10H2,1H3,(H,17,23)(H,21,22). The van der Waals surface area contributed by atoms with Gasteiger partial charge in [-0.2, -0.15) is 0 Å². The van der Waals surface area contributed by atoms with Crippen molar-refractivity contribution in [2.45, 2.75) is 19.4 Å². The van der Waals surface area contributed by atoms with Crippen LogP contribution in [0.1, 0.15) is 18.7 Å². The molecular weight excluding hydrogens is 296 g/mol. The predicted molar refractivity (Wildman–Crippen MR) is 84.9 cm³/mol. The molecule has 0 saturated carbocycles. The smallest absolute Gasteiger partial charge is 0.317 e. The molecule has 0 aliphatic carbocycles. The number of benzene rings is 1. The highest BCUT2D eigenvalue weighted by atomic mass is 16.4. The molecule has 0 bridgehead atoms. The summed E-state index contributed by atoms with van der Waals surface area (Å²) >= 11 is 0. The van der Waals surface area contributed by atoms with Crippen LogP contribution < -0.4 is 5.32 Å². The average Bonchev–Trinajstić information content (AvgIpc) is 2.89. The number of carboxylic acid groups (broad SMARTS) is 1. The first kappa shape index (κ1) is 15.3. The second-order valence-electron chi connectivity index (χ2n) is 5.86. The fraction of sp³-hybridized carbons (Fsp3) is 0.438. The molecule has 1 aromatic carbocycles. The lowest BCUT2D eigenvalue weighted by atomic mass is 9.99. The number of nitrogens with zero attached hydrogens (tertiary/aromatic N) is 3. The number of aliphatic carboxylic acids is 1. The number of amides is 2. The number of fused-ring (bicyclic) bond motifs is 1. The first-order chi connectivity index (χ1) is 11.1. The van der Waals surface area contributed by atoms with Crippen molar-refractivity contribution in [2.75, 3.05) is 13.1 Å². The molecule has 1 unspecified atom stereocenters. The molecule has 2 N–H and O–H groups in total. The van der Waals surface area contributed by atoms with Crippen LogP contribution in [-0.4, -0.2) is 44.6 Å². The number of carbonyl (C=O) groups is 2. The Morgan fingerprint density at radius 3 is 2.91 bits per heavy atom. The number of piperidine rings is 1. The summed E-state index contributed by atoms with van der Waals surface area (Å²) in [5.74, 6) is -0.533. The highest BCUT2D eigenvalue weighted by Crippen LogP contribution is 2.17. The van der Waals surface area contributed by atoms with Crippen LogP contribution in [0.4, 0.5) is 4.79 Å². The summed E-state index contributed by atoms with van der Waals surface area (Å²) in [7, 11) is 1.91. The molecule has 1 aromatic heterocycles. The number of para-hydroxylation sites is 2. The Hall–Kier alpha value is -2.57. The van der Waals surface area contributed by atoms with Gasteiger partial charge in [0.25, 0.3) is 0 Å². The highest BCUT2D eigenvalue weighted by molar-refractivity contribution is 5.77. The Morgan fingerprint density at radius 2 is 2.17 bits per heavy atom. The first-order valence-electron chi connectivity index (χ1n) is 7.72. The van der Waals surface area contributed by atoms with Gasteiger partial charge in [0.15, 0.2) is 0 Å². The number of aryl methyl sites for hydroxylation is 1. The molecule has 1 aliphatic heterocycles. The molecule has 122 valence electrons. The number of urea groups is 1. The monoisotopic (exact) mass is 316 g/mol. The molecule has 1 fully saturated rings. The van der Waals surface area contributed by atoms with Crippen molar-refractivity contribution in [3.63, 3.8) is 0 Å². The van der Waals surface area contributed by atoms with Crippen LogP contribution >= 0.6 is 0 Å². The van der Waals surface area contributed by atoms with E-state index >= 15 is 0 Å². The summed E-state index contributed by atoms with van der Waals surface area (Å²) in [6.45, 7) is 1.18. The molecule has 1 aliphatic rings. The van der Waals surface area contributed by atoms with Gasteiger partial charge in [-0.15, -0.1) is 0 Å². The third-order valence-corrected chi connectivity index (χ3v) is 4.34.